The summed E-state index contributed by atoms with van der Waals surface area (Å²) < 4.78 is 0.208. The smallest absolute Gasteiger partial charge is 0.260 e. The van der Waals surface area contributed by atoms with Crippen LogP contribution in [0.2, 0.25) is 0 Å². The minimum absolute atomic E-state index is 0.208. The van der Waals surface area contributed by atoms with Gasteiger partial charge in [-0.15, -0.1) is 0 Å². The average Bonchev–Trinajstić information content (AvgIpc) is 1.95. The van der Waals surface area contributed by atoms with Crippen molar-refractivity contribution in [1.29, 1.82) is 5.41 Å². The van der Waals surface area contributed by atoms with E-state index in [0.29, 0.717) is 0 Å². The van der Waals surface area contributed by atoms with Crippen molar-refractivity contribution in [3.63, 3.8) is 0 Å². The summed E-state index contributed by atoms with van der Waals surface area (Å²) in [7, 11) is 0. The van der Waals surface area contributed by atoms with Gasteiger partial charge in [-0.3, -0.25) is 10.2 Å². The molecule has 0 amide bonds. The van der Waals surface area contributed by atoms with Crippen LogP contribution in [0.25, 0.3) is 0 Å². The van der Waals surface area contributed by atoms with Crippen molar-refractivity contribution in [3.8, 4) is 35.5 Å². The molecule has 4 heteroatoms. The Kier molecular flexibility index (Phi) is 6.28. The van der Waals surface area contributed by atoms with Gasteiger partial charge in [-0.25, -0.2) is 0 Å². The van der Waals surface area contributed by atoms with Crippen molar-refractivity contribution in [2.24, 2.45) is 0 Å². The Morgan fingerprint density at radius 1 is 1.17 bits per heavy atom. The van der Waals surface area contributed by atoms with Gasteiger partial charge in [0.2, 0.25) is 0 Å². The van der Waals surface area contributed by atoms with Crippen LogP contribution in [-0.4, -0.2) is 8.83 Å². The van der Waals surface area contributed by atoms with Crippen molar-refractivity contribution in [2.75, 3.05) is 0 Å². The Balaban J connectivity index is 4.14. The maximum Gasteiger partial charge on any atom is 0.260 e. The fourth-order valence-electron chi connectivity index (χ4n) is 0.233. The van der Waals surface area contributed by atoms with Gasteiger partial charge < -0.3 is 0 Å². The van der Waals surface area contributed by atoms with E-state index in [4.69, 9.17) is 5.41 Å². The molecule has 0 spiro atoms. The maximum atomic E-state index is 10.1. The lowest BCUT2D eigenvalue weighted by molar-refractivity contribution is -0.106. The molecule has 2 nitrogen and oxygen atoms in total. The zero-order valence-electron chi connectivity index (χ0n) is 5.73. The molecule has 0 aromatic heterocycles. The van der Waals surface area contributed by atoms with Crippen LogP contribution in [0.4, 0.5) is 0 Å². The molecule has 0 aliphatic rings. The van der Waals surface area contributed by atoms with Gasteiger partial charge in [0.1, 0.15) is 3.72 Å². The van der Waals surface area contributed by atoms with Gasteiger partial charge in [-0.1, -0.05) is 12.6 Å². The van der Waals surface area contributed by atoms with Gasteiger partial charge in [0.05, 0.1) is 0 Å². The summed E-state index contributed by atoms with van der Waals surface area (Å²) >= 11 is 5.16. The third-order valence-corrected chi connectivity index (χ3v) is 0.911. The summed E-state index contributed by atoms with van der Waals surface area (Å²) in [6.45, 7) is 0. The fourth-order valence-corrected chi connectivity index (χ4v) is 0.424. The second-order valence-corrected chi connectivity index (χ2v) is 2.85. The standard InChI is InChI=1S/C8H2INOS/c9-7(10)5-3-1-2-4-6-8(11)12/h10H,(H,11,12). The van der Waals surface area contributed by atoms with E-state index in [-0.39, 0.29) is 3.72 Å². The Morgan fingerprint density at radius 3 is 2.08 bits per heavy atom. The molecule has 0 aliphatic carbocycles. The predicted octanol–water partition coefficient (Wildman–Crippen LogP) is 0.865. The molecule has 58 valence electrons. The van der Waals surface area contributed by atoms with Gasteiger partial charge in [-0.05, 0) is 58.1 Å². The second kappa shape index (κ2) is 6.79. The molecule has 1 N–H and O–H groups in total. The number of hydrogen-bond donors (Lipinski definition) is 2. The van der Waals surface area contributed by atoms with E-state index in [0.717, 1.165) is 0 Å². The Morgan fingerprint density at radius 2 is 1.67 bits per heavy atom. The highest BCUT2D eigenvalue weighted by molar-refractivity contribution is 14.1. The number of rotatable bonds is 0. The molecule has 0 unspecified atom stereocenters. The lowest BCUT2D eigenvalue weighted by atomic mass is 10.5. The van der Waals surface area contributed by atoms with E-state index in [2.05, 4.69) is 48.2 Å². The van der Waals surface area contributed by atoms with Crippen molar-refractivity contribution >= 4 is 44.1 Å². The molecular weight excluding hydrogens is 285 g/mol. The first kappa shape index (κ1) is 11.1. The van der Waals surface area contributed by atoms with E-state index in [9.17, 15) is 4.79 Å². The topological polar surface area (TPSA) is 40.9 Å². The van der Waals surface area contributed by atoms with E-state index in [1.165, 1.54) is 0 Å². The largest absolute Gasteiger partial charge is 0.287 e. The molecule has 0 radical (unpaired) electrons. The number of carbonyl (C=O) groups is 1. The fraction of sp³-hybridized carbons (Fsp3) is 0. The normalized spacial score (nSPS) is 5.83. The minimum atomic E-state index is -0.529. The van der Waals surface area contributed by atoms with Gasteiger partial charge >= 0.3 is 0 Å². The lowest BCUT2D eigenvalue weighted by Crippen LogP contribution is -1.73. The molecule has 0 bridgehead atoms. The van der Waals surface area contributed by atoms with E-state index >= 15 is 0 Å². The monoisotopic (exact) mass is 287 g/mol. The minimum Gasteiger partial charge on any atom is -0.287 e. The molecule has 12 heavy (non-hydrogen) atoms. The van der Waals surface area contributed by atoms with Crippen LogP contribution in [0.1, 0.15) is 0 Å². The first-order valence-electron chi connectivity index (χ1n) is 2.62. The highest BCUT2D eigenvalue weighted by Crippen LogP contribution is 1.79. The van der Waals surface area contributed by atoms with E-state index < -0.39 is 5.12 Å². The molecule has 0 aliphatic heterocycles. The molecule has 0 aromatic carbocycles. The SMILES string of the molecule is N=C(I)C#CC#CC#CC(=O)S. The van der Waals surface area contributed by atoms with E-state index in [1.807, 2.05) is 0 Å². The van der Waals surface area contributed by atoms with Crippen LogP contribution < -0.4 is 0 Å². The number of halogens is 1. The number of carbonyl (C=O) groups excluding carboxylic acids is 1. The van der Waals surface area contributed by atoms with Crippen LogP contribution in [0, 0.1) is 40.9 Å². The number of nitrogens with one attached hydrogen (secondary N) is 1. The summed E-state index contributed by atoms with van der Waals surface area (Å²) in [5.41, 5.74) is 0. The van der Waals surface area contributed by atoms with Crippen molar-refractivity contribution in [3.05, 3.63) is 0 Å². The first-order chi connectivity index (χ1) is 5.63. The van der Waals surface area contributed by atoms with Gasteiger partial charge in [0.15, 0.2) is 0 Å². The van der Waals surface area contributed by atoms with Crippen LogP contribution in [0.15, 0.2) is 0 Å². The van der Waals surface area contributed by atoms with Gasteiger partial charge in [-0.2, -0.15) is 0 Å². The quantitative estimate of drug-likeness (QED) is 0.295. The first-order valence-corrected chi connectivity index (χ1v) is 4.14. The maximum absolute atomic E-state index is 10.1. The molecule has 0 rings (SSSR count). The average molecular weight is 287 g/mol. The summed E-state index contributed by atoms with van der Waals surface area (Å²) in [6, 6.07) is 0. The molecule has 0 heterocycles. The molecule has 0 aromatic rings. The highest BCUT2D eigenvalue weighted by atomic mass is 127. The summed E-state index contributed by atoms with van der Waals surface area (Å²) in [4.78, 5) is 10.1. The van der Waals surface area contributed by atoms with E-state index in [1.54, 1.807) is 22.6 Å². The molecular formula is C8H2INOS. The molecule has 0 saturated heterocycles. The highest BCUT2D eigenvalue weighted by Gasteiger charge is 1.76. The number of hydrogen-bond acceptors (Lipinski definition) is 2. The van der Waals surface area contributed by atoms with Crippen LogP contribution in [0.5, 0.6) is 0 Å². The van der Waals surface area contributed by atoms with Gasteiger partial charge in [0, 0.05) is 0 Å². The van der Waals surface area contributed by atoms with Crippen LogP contribution in [0.3, 0.4) is 0 Å². The van der Waals surface area contributed by atoms with Crippen LogP contribution >= 0.6 is 35.2 Å². The zero-order chi connectivity index (χ0) is 9.40. The van der Waals surface area contributed by atoms with Crippen LogP contribution in [-0.2, 0) is 4.79 Å². The molecule has 0 atom stereocenters. The Labute approximate surface area is 89.6 Å². The predicted molar refractivity (Wildman–Crippen MR) is 59.1 cm³/mol. The second-order valence-electron chi connectivity index (χ2n) is 1.37. The molecule has 0 fully saturated rings. The summed E-state index contributed by atoms with van der Waals surface area (Å²) in [6.07, 6.45) is 0. The van der Waals surface area contributed by atoms with Crippen molar-refractivity contribution < 1.29 is 4.79 Å². The third-order valence-electron chi connectivity index (χ3n) is 0.529. The van der Waals surface area contributed by atoms with Crippen molar-refractivity contribution in [1.82, 2.24) is 0 Å². The molecule has 0 saturated carbocycles. The lowest BCUT2D eigenvalue weighted by Gasteiger charge is -1.65. The third kappa shape index (κ3) is 9.10. The zero-order valence-corrected chi connectivity index (χ0v) is 8.79. The number of thiol groups is 1. The summed E-state index contributed by atoms with van der Waals surface area (Å²) in [5, 5.41) is 6.36. The Bertz CT molecular complexity index is 344. The van der Waals surface area contributed by atoms with Crippen molar-refractivity contribution in [2.45, 2.75) is 0 Å². The summed E-state index contributed by atoms with van der Waals surface area (Å²) in [5.74, 6) is 13.8. The van der Waals surface area contributed by atoms with Gasteiger partial charge in [0.25, 0.3) is 5.12 Å². The Hall–Kier alpha value is -0.900.